The van der Waals surface area contributed by atoms with Crippen molar-refractivity contribution in [2.24, 2.45) is 17.8 Å². The molecule has 0 radical (unpaired) electrons. The molecule has 2 heterocycles. The maximum absolute atomic E-state index is 13.4. The number of hydrogen-bond acceptors (Lipinski definition) is 8. The van der Waals surface area contributed by atoms with Gasteiger partial charge in [0.25, 0.3) is 11.8 Å². The number of nitrogens with one attached hydrogen (secondary N) is 2. The molecule has 2 N–H and O–H groups in total. The molecule has 2 amide bonds. The SMILES string of the molecule is CONC(=O)CO[C@H]1/C=C/C[C@H](C)[C@@H](C)S(=O)(=O)NC(=O)c2ccc3c(c2)N(C[C@@H]2CC[C@H]21)C[C@@]1(CCCc2cc(Cl)ccc21)CO3. The highest BCUT2D eigenvalue weighted by Gasteiger charge is 2.44. The van der Waals surface area contributed by atoms with Gasteiger partial charge >= 0.3 is 0 Å². The molecule has 1 spiro atoms. The Morgan fingerprint density at radius 1 is 1.19 bits per heavy atom. The van der Waals surface area contributed by atoms with E-state index in [4.69, 9.17) is 25.9 Å². The molecule has 6 atom stereocenters. The van der Waals surface area contributed by atoms with Crippen molar-refractivity contribution in [3.05, 3.63) is 70.3 Å². The van der Waals surface area contributed by atoms with Crippen molar-refractivity contribution in [3.63, 3.8) is 0 Å². The van der Waals surface area contributed by atoms with Crippen LogP contribution >= 0.6 is 11.6 Å². The summed E-state index contributed by atoms with van der Waals surface area (Å²) in [6.45, 7) is 5.11. The van der Waals surface area contributed by atoms with Crippen LogP contribution in [-0.4, -0.2) is 65.0 Å². The highest BCUT2D eigenvalue weighted by atomic mass is 35.5. The second-order valence-electron chi connectivity index (χ2n) is 13.6. The Balaban J connectivity index is 1.40. The molecule has 0 saturated heterocycles. The van der Waals surface area contributed by atoms with Gasteiger partial charge in [-0.1, -0.05) is 36.7 Å². The van der Waals surface area contributed by atoms with E-state index >= 15 is 0 Å². The summed E-state index contributed by atoms with van der Waals surface area (Å²) < 4.78 is 41.7. The van der Waals surface area contributed by atoms with Crippen LogP contribution in [-0.2, 0) is 36.2 Å². The van der Waals surface area contributed by atoms with Gasteiger partial charge in [-0.2, -0.15) is 0 Å². The van der Waals surface area contributed by atoms with E-state index in [2.05, 4.69) is 27.2 Å². The summed E-state index contributed by atoms with van der Waals surface area (Å²) >= 11 is 6.42. The number of halogens is 1. The number of amides is 2. The zero-order valence-corrected chi connectivity index (χ0v) is 28.7. The average Bonchev–Trinajstić information content (AvgIpc) is 3.17. The zero-order chi connectivity index (χ0) is 33.3. The Hall–Kier alpha value is -3.12. The van der Waals surface area contributed by atoms with Crippen LogP contribution in [0.5, 0.6) is 5.75 Å². The van der Waals surface area contributed by atoms with Crippen LogP contribution in [0.1, 0.15) is 67.4 Å². The number of carbonyl (C=O) groups excluding carboxylic acids is 2. The van der Waals surface area contributed by atoms with Crippen LogP contribution in [0.2, 0.25) is 5.02 Å². The molecule has 47 heavy (non-hydrogen) atoms. The lowest BCUT2D eigenvalue weighted by atomic mass is 9.68. The van der Waals surface area contributed by atoms with Gasteiger partial charge in [0.2, 0.25) is 10.0 Å². The van der Waals surface area contributed by atoms with Gasteiger partial charge < -0.3 is 14.4 Å². The summed E-state index contributed by atoms with van der Waals surface area (Å²) in [4.78, 5) is 32.8. The topological polar surface area (TPSA) is 123 Å². The number of ether oxygens (including phenoxy) is 2. The maximum Gasteiger partial charge on any atom is 0.269 e. The zero-order valence-electron chi connectivity index (χ0n) is 27.2. The molecule has 12 heteroatoms. The minimum absolute atomic E-state index is 0.137. The first kappa shape index (κ1) is 33.8. The lowest BCUT2D eigenvalue weighted by molar-refractivity contribution is -0.139. The van der Waals surface area contributed by atoms with Gasteiger partial charge in [0.1, 0.15) is 12.4 Å². The number of hydrogen-bond donors (Lipinski definition) is 2. The Morgan fingerprint density at radius 3 is 2.79 bits per heavy atom. The Morgan fingerprint density at radius 2 is 2.02 bits per heavy atom. The quantitative estimate of drug-likeness (QED) is 0.343. The number of carbonyl (C=O) groups is 2. The number of rotatable bonds is 4. The predicted octanol–water partition coefficient (Wildman–Crippen LogP) is 4.95. The first-order chi connectivity index (χ1) is 22.5. The monoisotopic (exact) mass is 685 g/mol. The van der Waals surface area contributed by atoms with Crippen LogP contribution in [0, 0.1) is 17.8 Å². The molecule has 1 saturated carbocycles. The van der Waals surface area contributed by atoms with E-state index in [1.54, 1.807) is 25.1 Å². The van der Waals surface area contributed by atoms with E-state index in [-0.39, 0.29) is 47.4 Å². The number of benzene rings is 2. The van der Waals surface area contributed by atoms with Crippen molar-refractivity contribution in [3.8, 4) is 5.75 Å². The number of nitrogens with zero attached hydrogens (tertiary/aromatic N) is 1. The van der Waals surface area contributed by atoms with Gasteiger partial charge in [0, 0.05) is 29.1 Å². The minimum atomic E-state index is -3.97. The van der Waals surface area contributed by atoms with Crippen molar-refractivity contribution in [2.45, 2.75) is 69.1 Å². The first-order valence-electron chi connectivity index (χ1n) is 16.5. The van der Waals surface area contributed by atoms with Crippen molar-refractivity contribution in [2.75, 3.05) is 38.3 Å². The fourth-order valence-corrected chi connectivity index (χ4v) is 9.11. The molecule has 10 nitrogen and oxygen atoms in total. The summed E-state index contributed by atoms with van der Waals surface area (Å²) in [5.41, 5.74) is 5.50. The molecule has 0 unspecified atom stereocenters. The van der Waals surface area contributed by atoms with Crippen LogP contribution < -0.4 is 19.8 Å². The fraction of sp³-hybridized carbons (Fsp3) is 0.543. The van der Waals surface area contributed by atoms with Crippen LogP contribution in [0.4, 0.5) is 5.69 Å². The van der Waals surface area contributed by atoms with Crippen molar-refractivity contribution >= 4 is 39.1 Å². The summed E-state index contributed by atoms with van der Waals surface area (Å²) in [7, 11) is -2.59. The summed E-state index contributed by atoms with van der Waals surface area (Å²) in [6, 6.07) is 11.3. The third kappa shape index (κ3) is 7.04. The van der Waals surface area contributed by atoms with Gasteiger partial charge in [-0.3, -0.25) is 14.4 Å². The Kier molecular flexibility index (Phi) is 9.90. The summed E-state index contributed by atoms with van der Waals surface area (Å²) in [5.74, 6) is -0.274. The number of hydroxylamine groups is 1. The molecule has 0 aromatic heterocycles. The molecule has 4 aliphatic rings. The van der Waals surface area contributed by atoms with Gasteiger partial charge in [0.05, 0.1) is 30.8 Å². The predicted molar refractivity (Wildman–Crippen MR) is 180 cm³/mol. The molecular formula is C35H44ClN3O7S. The molecule has 2 aromatic carbocycles. The lowest BCUT2D eigenvalue weighted by Gasteiger charge is -2.46. The molecule has 254 valence electrons. The Bertz CT molecular complexity index is 1650. The summed E-state index contributed by atoms with van der Waals surface area (Å²) in [5, 5.41) is -0.110. The normalized spacial score (nSPS) is 30.9. The van der Waals surface area contributed by atoms with Crippen molar-refractivity contribution < 1.29 is 32.3 Å². The third-order valence-corrected chi connectivity index (χ3v) is 12.8. The summed E-state index contributed by atoms with van der Waals surface area (Å²) in [6.07, 6.45) is 8.83. The molecule has 1 fully saturated rings. The lowest BCUT2D eigenvalue weighted by Crippen LogP contribution is -2.50. The third-order valence-electron chi connectivity index (χ3n) is 10.6. The number of sulfonamides is 1. The van der Waals surface area contributed by atoms with Crippen molar-refractivity contribution in [1.82, 2.24) is 10.2 Å². The Labute approximate surface area is 282 Å². The number of allylic oxidation sites excluding steroid dienone is 1. The highest BCUT2D eigenvalue weighted by Crippen LogP contribution is 2.47. The van der Waals surface area contributed by atoms with E-state index in [1.807, 2.05) is 25.1 Å². The average molecular weight is 686 g/mol. The van der Waals surface area contributed by atoms with Gasteiger partial charge in [0.15, 0.2) is 0 Å². The van der Waals surface area contributed by atoms with E-state index in [0.717, 1.165) is 37.8 Å². The second kappa shape index (κ2) is 13.8. The largest absolute Gasteiger partial charge is 0.490 e. The van der Waals surface area contributed by atoms with E-state index in [0.29, 0.717) is 36.9 Å². The molecule has 6 rings (SSSR count). The van der Waals surface area contributed by atoms with Gasteiger partial charge in [-0.15, -0.1) is 0 Å². The van der Waals surface area contributed by atoms with Crippen molar-refractivity contribution in [1.29, 1.82) is 0 Å². The van der Waals surface area contributed by atoms with Gasteiger partial charge in [-0.25, -0.2) is 18.6 Å². The number of fused-ring (bicyclic) bond motifs is 4. The van der Waals surface area contributed by atoms with E-state index in [9.17, 15) is 18.0 Å². The first-order valence-corrected chi connectivity index (χ1v) is 18.4. The number of aryl methyl sites for hydroxylation is 1. The minimum Gasteiger partial charge on any atom is -0.490 e. The second-order valence-corrected chi connectivity index (χ2v) is 16.1. The smallest absolute Gasteiger partial charge is 0.269 e. The molecule has 2 aliphatic carbocycles. The maximum atomic E-state index is 13.4. The van der Waals surface area contributed by atoms with Crippen LogP contribution in [0.15, 0.2) is 48.6 Å². The van der Waals surface area contributed by atoms with E-state index in [1.165, 1.54) is 18.2 Å². The van der Waals surface area contributed by atoms with Crippen LogP contribution in [0.3, 0.4) is 0 Å². The fourth-order valence-electron chi connectivity index (χ4n) is 7.64. The van der Waals surface area contributed by atoms with E-state index < -0.39 is 21.2 Å². The standard InChI is InChI=1S/C35H44ClN3O7S/c1-22-6-4-8-31(45-19-33(40)37-44-3)28-12-9-26(28)18-39-20-35(15-5-7-24-16-27(36)11-13-29(24)35)21-46-32-14-10-25(17-30(32)39)34(41)38-47(42,43)23(22)2/h4,8,10-11,13-14,16-17,22-23,26,28,31H,5-7,9,12,15,18-21H2,1-3H3,(H,37,40)(H,38,41)/b8-4+/t22-,23+,26-,28+,31-,35-/m0/s1. The number of anilines is 1. The molecule has 2 aliphatic heterocycles. The van der Waals surface area contributed by atoms with Gasteiger partial charge in [-0.05, 0) is 105 Å². The molecular weight excluding hydrogens is 642 g/mol. The molecule has 2 bridgehead atoms. The highest BCUT2D eigenvalue weighted by molar-refractivity contribution is 7.90. The van der Waals surface area contributed by atoms with Crippen LogP contribution in [0.25, 0.3) is 0 Å². The molecule has 2 aromatic rings.